The highest BCUT2D eigenvalue weighted by Gasteiger charge is 2.09. The predicted molar refractivity (Wildman–Crippen MR) is 35.2 cm³/mol. The molecule has 0 radical (unpaired) electrons. The smallest absolute Gasteiger partial charge is 0.388 e. The van der Waals surface area contributed by atoms with Gasteiger partial charge in [0.25, 0.3) is 0 Å². The summed E-state index contributed by atoms with van der Waals surface area (Å²) in [6, 6.07) is 0.852. The van der Waals surface area contributed by atoms with Gasteiger partial charge in [-0.05, 0) is 0 Å². The molecule has 1 aromatic heterocycles. The van der Waals surface area contributed by atoms with Crippen LogP contribution in [0.2, 0.25) is 0 Å². The summed E-state index contributed by atoms with van der Waals surface area (Å²) in [5, 5.41) is 0. The highest BCUT2D eigenvalue weighted by Crippen LogP contribution is 2.19. The molecule has 0 aliphatic heterocycles. The fourth-order valence-electron chi connectivity index (χ4n) is 0.625. The molecule has 0 saturated carbocycles. The maximum Gasteiger partial charge on any atom is 0.388 e. The number of pyridine rings is 1. The van der Waals surface area contributed by atoms with Crippen LogP contribution in [-0.2, 0) is 0 Å². The van der Waals surface area contributed by atoms with E-state index in [1.165, 1.54) is 0 Å². The monoisotopic (exact) mass is 178 g/mol. The van der Waals surface area contributed by atoms with Crippen molar-refractivity contribution < 1.29 is 17.9 Å². The molecular formula is C6H5F3N2O. The second-order valence-electron chi connectivity index (χ2n) is 1.93. The van der Waals surface area contributed by atoms with Gasteiger partial charge >= 0.3 is 6.61 Å². The van der Waals surface area contributed by atoms with Crippen molar-refractivity contribution in [2.45, 2.75) is 6.61 Å². The highest BCUT2D eigenvalue weighted by molar-refractivity contribution is 5.47. The van der Waals surface area contributed by atoms with Gasteiger partial charge in [-0.2, -0.15) is 8.78 Å². The lowest BCUT2D eigenvalue weighted by atomic mass is 10.4. The summed E-state index contributed by atoms with van der Waals surface area (Å²) in [4.78, 5) is 3.22. The van der Waals surface area contributed by atoms with Crippen molar-refractivity contribution in [3.05, 3.63) is 18.1 Å². The Labute approximate surface area is 66.0 Å². The molecule has 0 atom stereocenters. The maximum atomic E-state index is 12.3. The van der Waals surface area contributed by atoms with Gasteiger partial charge in [0, 0.05) is 6.07 Å². The molecule has 0 fully saturated rings. The molecule has 1 aromatic rings. The molecule has 0 unspecified atom stereocenters. The number of alkyl halides is 2. The Hall–Kier alpha value is -1.46. The van der Waals surface area contributed by atoms with Gasteiger partial charge in [0.2, 0.25) is 5.88 Å². The standard InChI is InChI=1S/C6H5F3N2O/c7-3-1-4(10)5(11-2-3)12-6(8)9/h1-2,6H,10H2. The fraction of sp³-hybridized carbons (Fsp3) is 0.167. The third kappa shape index (κ3) is 2.01. The fourth-order valence-corrected chi connectivity index (χ4v) is 0.625. The zero-order valence-electron chi connectivity index (χ0n) is 5.80. The van der Waals surface area contributed by atoms with E-state index in [2.05, 4.69) is 9.72 Å². The number of aromatic nitrogens is 1. The van der Waals surface area contributed by atoms with Crippen LogP contribution in [0.5, 0.6) is 5.88 Å². The molecule has 1 rings (SSSR count). The number of halogens is 3. The summed E-state index contributed by atoms with van der Waals surface area (Å²) >= 11 is 0. The Balaban J connectivity index is 2.86. The Morgan fingerprint density at radius 3 is 2.67 bits per heavy atom. The van der Waals surface area contributed by atoms with Crippen LogP contribution < -0.4 is 10.5 Å². The quantitative estimate of drug-likeness (QED) is 0.744. The lowest BCUT2D eigenvalue weighted by molar-refractivity contribution is -0.0523. The lowest BCUT2D eigenvalue weighted by Crippen LogP contribution is -2.06. The van der Waals surface area contributed by atoms with Gasteiger partial charge in [-0.3, -0.25) is 0 Å². The van der Waals surface area contributed by atoms with Crippen LogP contribution in [0.3, 0.4) is 0 Å². The molecule has 2 N–H and O–H groups in total. The van der Waals surface area contributed by atoms with Crippen molar-refractivity contribution in [2.75, 3.05) is 5.73 Å². The van der Waals surface area contributed by atoms with Crippen molar-refractivity contribution in [1.29, 1.82) is 0 Å². The van der Waals surface area contributed by atoms with Crippen molar-refractivity contribution in [3.63, 3.8) is 0 Å². The topological polar surface area (TPSA) is 48.1 Å². The number of ether oxygens (including phenoxy) is 1. The minimum Gasteiger partial charge on any atom is -0.415 e. The van der Waals surface area contributed by atoms with Crippen LogP contribution >= 0.6 is 0 Å². The molecule has 66 valence electrons. The lowest BCUT2D eigenvalue weighted by Gasteiger charge is -2.04. The van der Waals surface area contributed by atoms with Crippen LogP contribution in [0.4, 0.5) is 18.9 Å². The molecular weight excluding hydrogens is 173 g/mol. The summed E-state index contributed by atoms with van der Waals surface area (Å²) < 4.78 is 39.3. The van der Waals surface area contributed by atoms with E-state index in [1.807, 2.05) is 0 Å². The average molecular weight is 178 g/mol. The van der Waals surface area contributed by atoms with Gasteiger partial charge in [0.15, 0.2) is 0 Å². The molecule has 6 heteroatoms. The molecule has 0 spiro atoms. The second kappa shape index (κ2) is 3.29. The number of nitrogen functional groups attached to an aromatic ring is 1. The Morgan fingerprint density at radius 2 is 2.17 bits per heavy atom. The third-order valence-corrected chi connectivity index (χ3v) is 1.05. The van der Waals surface area contributed by atoms with Crippen LogP contribution in [0.15, 0.2) is 12.3 Å². The van der Waals surface area contributed by atoms with E-state index in [1.54, 1.807) is 0 Å². The molecule has 0 aromatic carbocycles. The Bertz CT molecular complexity index is 279. The van der Waals surface area contributed by atoms with E-state index in [0.29, 0.717) is 0 Å². The minimum absolute atomic E-state index is 0.254. The van der Waals surface area contributed by atoms with Gasteiger partial charge in [0.1, 0.15) is 5.82 Å². The number of rotatable bonds is 2. The van der Waals surface area contributed by atoms with E-state index in [9.17, 15) is 13.2 Å². The van der Waals surface area contributed by atoms with E-state index in [0.717, 1.165) is 12.3 Å². The van der Waals surface area contributed by atoms with Gasteiger partial charge in [-0.25, -0.2) is 9.37 Å². The second-order valence-corrected chi connectivity index (χ2v) is 1.93. The molecule has 12 heavy (non-hydrogen) atoms. The molecule has 0 amide bonds. The van der Waals surface area contributed by atoms with Gasteiger partial charge in [-0.15, -0.1) is 0 Å². The van der Waals surface area contributed by atoms with E-state index >= 15 is 0 Å². The number of hydrogen-bond donors (Lipinski definition) is 1. The largest absolute Gasteiger partial charge is 0.415 e. The molecule has 0 aliphatic rings. The molecule has 0 aliphatic carbocycles. The number of anilines is 1. The molecule has 0 bridgehead atoms. The summed E-state index contributed by atoms with van der Waals surface area (Å²) in [6.07, 6.45) is 0.744. The average Bonchev–Trinajstić information content (AvgIpc) is 1.94. The normalized spacial score (nSPS) is 10.3. The van der Waals surface area contributed by atoms with Crippen molar-refractivity contribution in [2.24, 2.45) is 0 Å². The van der Waals surface area contributed by atoms with Gasteiger partial charge in [-0.1, -0.05) is 0 Å². The van der Waals surface area contributed by atoms with E-state index in [-0.39, 0.29) is 5.69 Å². The number of nitrogens with two attached hydrogens (primary N) is 1. The van der Waals surface area contributed by atoms with Crippen molar-refractivity contribution in [1.82, 2.24) is 4.98 Å². The van der Waals surface area contributed by atoms with Crippen molar-refractivity contribution >= 4 is 5.69 Å². The maximum absolute atomic E-state index is 12.3. The van der Waals surface area contributed by atoms with Gasteiger partial charge in [0.05, 0.1) is 11.9 Å². The predicted octanol–water partition coefficient (Wildman–Crippen LogP) is 1.40. The van der Waals surface area contributed by atoms with Crippen LogP contribution in [0.25, 0.3) is 0 Å². The Kier molecular flexibility index (Phi) is 2.37. The summed E-state index contributed by atoms with van der Waals surface area (Å²) in [7, 11) is 0. The third-order valence-electron chi connectivity index (χ3n) is 1.05. The first kappa shape index (κ1) is 8.63. The summed E-state index contributed by atoms with van der Waals surface area (Å²) in [5.74, 6) is -1.17. The molecule has 3 nitrogen and oxygen atoms in total. The molecule has 0 saturated heterocycles. The minimum atomic E-state index is -3.01. The number of hydrogen-bond acceptors (Lipinski definition) is 3. The van der Waals surface area contributed by atoms with Gasteiger partial charge < -0.3 is 10.5 Å². The Morgan fingerprint density at radius 1 is 1.50 bits per heavy atom. The first-order valence-corrected chi connectivity index (χ1v) is 2.95. The summed E-state index contributed by atoms with van der Waals surface area (Å²) in [6.45, 7) is -3.01. The SMILES string of the molecule is Nc1cc(F)cnc1OC(F)F. The highest BCUT2D eigenvalue weighted by atomic mass is 19.3. The van der Waals surface area contributed by atoms with E-state index < -0.39 is 18.3 Å². The number of nitrogens with zero attached hydrogens (tertiary/aromatic N) is 1. The zero-order valence-corrected chi connectivity index (χ0v) is 5.80. The van der Waals surface area contributed by atoms with Crippen molar-refractivity contribution in [3.8, 4) is 5.88 Å². The van der Waals surface area contributed by atoms with Crippen LogP contribution in [0.1, 0.15) is 0 Å². The van der Waals surface area contributed by atoms with Crippen LogP contribution in [0, 0.1) is 5.82 Å². The van der Waals surface area contributed by atoms with Crippen LogP contribution in [-0.4, -0.2) is 11.6 Å². The summed E-state index contributed by atoms with van der Waals surface area (Å²) in [5.41, 5.74) is 4.85. The first-order valence-electron chi connectivity index (χ1n) is 2.95. The molecule has 1 heterocycles. The zero-order chi connectivity index (χ0) is 9.14. The van der Waals surface area contributed by atoms with E-state index in [4.69, 9.17) is 5.73 Å². The first-order chi connectivity index (χ1) is 5.59.